The topological polar surface area (TPSA) is 83.5 Å². The van der Waals surface area contributed by atoms with Crippen LogP contribution in [0.15, 0.2) is 0 Å². The van der Waals surface area contributed by atoms with Gasteiger partial charge in [-0.15, -0.1) is 0 Å². The van der Waals surface area contributed by atoms with Crippen molar-refractivity contribution in [3.05, 3.63) is 0 Å². The number of hydrogen-bond donors (Lipinski definition) is 2. The van der Waals surface area contributed by atoms with E-state index >= 15 is 0 Å². The fraction of sp³-hybridized carbons (Fsp3) is 0.900. The second-order valence-corrected chi connectivity index (χ2v) is 6.57. The molecule has 1 aliphatic carbocycles. The van der Waals surface area contributed by atoms with Crippen LogP contribution in [-0.4, -0.2) is 37.5 Å². The Labute approximate surface area is 109 Å². The maximum atomic E-state index is 11.9. The van der Waals surface area contributed by atoms with Crippen LogP contribution in [0.25, 0.3) is 0 Å². The van der Waals surface area contributed by atoms with E-state index in [0.717, 1.165) is 12.8 Å². The lowest BCUT2D eigenvalue weighted by molar-refractivity contribution is -0.137. The first-order valence-electron chi connectivity index (χ1n) is 5.87. The van der Waals surface area contributed by atoms with Crippen LogP contribution < -0.4 is 4.72 Å². The van der Waals surface area contributed by atoms with Gasteiger partial charge in [-0.2, -0.15) is 13.2 Å². The molecule has 0 aromatic heterocycles. The van der Waals surface area contributed by atoms with E-state index in [9.17, 15) is 26.4 Å². The number of hydrogen-bond acceptors (Lipinski definition) is 3. The number of nitrogens with one attached hydrogen (secondary N) is 1. The maximum absolute atomic E-state index is 11.9. The summed E-state index contributed by atoms with van der Waals surface area (Å²) in [6.07, 6.45) is -4.94. The predicted octanol–water partition coefficient (Wildman–Crippen LogP) is 1.50. The molecule has 0 amide bonds. The molecule has 0 bridgehead atoms. The van der Waals surface area contributed by atoms with Gasteiger partial charge in [-0.1, -0.05) is 0 Å². The first kappa shape index (κ1) is 16.2. The zero-order valence-corrected chi connectivity index (χ0v) is 10.9. The molecule has 112 valence electrons. The normalized spacial score (nSPS) is 18.3. The predicted molar refractivity (Wildman–Crippen MR) is 61.0 cm³/mol. The zero-order valence-electron chi connectivity index (χ0n) is 10.1. The van der Waals surface area contributed by atoms with Crippen molar-refractivity contribution in [2.75, 3.05) is 5.75 Å². The van der Waals surface area contributed by atoms with E-state index in [1.54, 1.807) is 0 Å². The lowest BCUT2D eigenvalue weighted by atomic mass is 10.1. The fourth-order valence-corrected chi connectivity index (χ4v) is 3.12. The van der Waals surface area contributed by atoms with E-state index in [0.29, 0.717) is 0 Å². The Morgan fingerprint density at radius 2 is 1.95 bits per heavy atom. The van der Waals surface area contributed by atoms with Crippen LogP contribution >= 0.6 is 0 Å². The van der Waals surface area contributed by atoms with Crippen molar-refractivity contribution in [3.8, 4) is 0 Å². The summed E-state index contributed by atoms with van der Waals surface area (Å²) in [4.78, 5) is 10.6. The third-order valence-electron chi connectivity index (χ3n) is 2.79. The molecule has 0 saturated heterocycles. The summed E-state index contributed by atoms with van der Waals surface area (Å²) in [5, 5.41) is 8.66. The molecule has 0 radical (unpaired) electrons. The third kappa shape index (κ3) is 7.36. The minimum atomic E-state index is -4.38. The molecule has 19 heavy (non-hydrogen) atoms. The summed E-state index contributed by atoms with van der Waals surface area (Å²) < 4.78 is 61.1. The van der Waals surface area contributed by atoms with Gasteiger partial charge in [0.25, 0.3) is 0 Å². The third-order valence-corrected chi connectivity index (χ3v) is 4.28. The maximum Gasteiger partial charge on any atom is 0.389 e. The molecule has 1 aliphatic rings. The average molecular weight is 303 g/mol. The number of rotatable bonds is 8. The van der Waals surface area contributed by atoms with Gasteiger partial charge in [-0.25, -0.2) is 13.1 Å². The molecule has 1 saturated carbocycles. The molecule has 0 aromatic rings. The van der Waals surface area contributed by atoms with Crippen LogP contribution in [-0.2, 0) is 14.8 Å². The van der Waals surface area contributed by atoms with Crippen LogP contribution in [0, 0.1) is 5.92 Å². The molecule has 0 aromatic carbocycles. The van der Waals surface area contributed by atoms with Gasteiger partial charge >= 0.3 is 12.1 Å². The Bertz CT molecular complexity index is 417. The minimum absolute atomic E-state index is 0.0199. The molecule has 1 fully saturated rings. The molecule has 0 spiro atoms. The number of carboxylic acids is 1. The summed E-state index contributed by atoms with van der Waals surface area (Å²) in [6.45, 7) is 0. The monoisotopic (exact) mass is 303 g/mol. The van der Waals surface area contributed by atoms with Gasteiger partial charge < -0.3 is 5.11 Å². The smallest absolute Gasteiger partial charge is 0.389 e. The van der Waals surface area contributed by atoms with E-state index < -0.39 is 46.8 Å². The Balaban J connectivity index is 2.45. The van der Waals surface area contributed by atoms with E-state index in [1.807, 2.05) is 0 Å². The molecule has 1 unspecified atom stereocenters. The molecule has 1 rings (SSSR count). The second kappa shape index (κ2) is 6.08. The molecule has 9 heteroatoms. The Kier molecular flexibility index (Phi) is 5.19. The number of halogens is 3. The van der Waals surface area contributed by atoms with Crippen LogP contribution in [0.4, 0.5) is 13.2 Å². The zero-order chi connectivity index (χ0) is 14.7. The van der Waals surface area contributed by atoms with Crippen molar-refractivity contribution in [2.45, 2.75) is 44.3 Å². The summed E-state index contributed by atoms with van der Waals surface area (Å²) in [5.74, 6) is -1.79. The SMILES string of the molecule is O=C(O)CC(NS(=O)(=O)CCCC(F)(F)F)C1CC1. The van der Waals surface area contributed by atoms with Crippen molar-refractivity contribution in [1.82, 2.24) is 4.72 Å². The molecule has 2 N–H and O–H groups in total. The summed E-state index contributed by atoms with van der Waals surface area (Å²) in [7, 11) is -3.87. The van der Waals surface area contributed by atoms with Gasteiger partial charge in [0.1, 0.15) is 0 Å². The summed E-state index contributed by atoms with van der Waals surface area (Å²) in [6, 6.07) is -0.714. The Hall–Kier alpha value is -0.830. The highest BCUT2D eigenvalue weighted by Gasteiger charge is 2.35. The van der Waals surface area contributed by atoms with Gasteiger partial charge in [0.2, 0.25) is 10.0 Å². The molecule has 5 nitrogen and oxygen atoms in total. The Morgan fingerprint density at radius 1 is 1.37 bits per heavy atom. The van der Waals surface area contributed by atoms with Gasteiger partial charge in [-0.05, 0) is 25.2 Å². The van der Waals surface area contributed by atoms with Crippen molar-refractivity contribution in [2.24, 2.45) is 5.92 Å². The molecule has 1 atom stereocenters. The van der Waals surface area contributed by atoms with Crippen molar-refractivity contribution >= 4 is 16.0 Å². The van der Waals surface area contributed by atoms with Crippen LogP contribution in [0.3, 0.4) is 0 Å². The van der Waals surface area contributed by atoms with Crippen LogP contribution in [0.5, 0.6) is 0 Å². The highest BCUT2D eigenvalue weighted by atomic mass is 32.2. The first-order valence-corrected chi connectivity index (χ1v) is 7.53. The summed E-state index contributed by atoms with van der Waals surface area (Å²) >= 11 is 0. The number of carboxylic acid groups (broad SMARTS) is 1. The fourth-order valence-electron chi connectivity index (χ4n) is 1.74. The van der Waals surface area contributed by atoms with Crippen molar-refractivity contribution in [3.63, 3.8) is 0 Å². The van der Waals surface area contributed by atoms with E-state index in [4.69, 9.17) is 5.11 Å². The van der Waals surface area contributed by atoms with E-state index in [-0.39, 0.29) is 12.3 Å². The molecular weight excluding hydrogens is 287 g/mol. The van der Waals surface area contributed by atoms with Gasteiger partial charge in [0.15, 0.2) is 0 Å². The minimum Gasteiger partial charge on any atom is -0.481 e. The number of carbonyl (C=O) groups is 1. The van der Waals surface area contributed by atoms with Crippen molar-refractivity contribution < 1.29 is 31.5 Å². The second-order valence-electron chi connectivity index (χ2n) is 4.70. The van der Waals surface area contributed by atoms with Gasteiger partial charge in [0.05, 0.1) is 12.2 Å². The quantitative estimate of drug-likeness (QED) is 0.712. The van der Waals surface area contributed by atoms with Crippen LogP contribution in [0.1, 0.15) is 32.1 Å². The number of aliphatic carboxylic acids is 1. The van der Waals surface area contributed by atoms with Crippen LogP contribution in [0.2, 0.25) is 0 Å². The standard InChI is InChI=1S/C10H16F3NO4S/c11-10(12,13)4-1-5-19(17,18)14-8(6-9(15)16)7-2-3-7/h7-8,14H,1-6H2,(H,15,16). The Morgan fingerprint density at radius 3 is 2.37 bits per heavy atom. The number of sulfonamides is 1. The largest absolute Gasteiger partial charge is 0.481 e. The lowest BCUT2D eigenvalue weighted by Crippen LogP contribution is -2.39. The highest BCUT2D eigenvalue weighted by molar-refractivity contribution is 7.89. The average Bonchev–Trinajstić information content (AvgIpc) is 2.94. The molecule has 0 aliphatic heterocycles. The number of alkyl halides is 3. The summed E-state index contributed by atoms with van der Waals surface area (Å²) in [5.41, 5.74) is 0. The van der Waals surface area contributed by atoms with Gasteiger partial charge in [0, 0.05) is 12.5 Å². The van der Waals surface area contributed by atoms with Gasteiger partial charge in [-0.3, -0.25) is 4.79 Å². The highest BCUT2D eigenvalue weighted by Crippen LogP contribution is 2.34. The first-order chi connectivity index (χ1) is 8.59. The molecule has 0 heterocycles. The molecular formula is C10H16F3NO4S. The van der Waals surface area contributed by atoms with Crippen molar-refractivity contribution in [1.29, 1.82) is 0 Å². The van der Waals surface area contributed by atoms with E-state index in [1.165, 1.54) is 0 Å². The van der Waals surface area contributed by atoms with E-state index in [2.05, 4.69) is 4.72 Å². The lowest BCUT2D eigenvalue weighted by Gasteiger charge is -2.16.